The number of aromatic nitrogens is 2. The van der Waals surface area contributed by atoms with Crippen LogP contribution in [-0.4, -0.2) is 23.2 Å². The highest BCUT2D eigenvalue weighted by Gasteiger charge is 2.12. The van der Waals surface area contributed by atoms with Crippen molar-refractivity contribution in [2.75, 3.05) is 12.4 Å². The van der Waals surface area contributed by atoms with Gasteiger partial charge in [-0.3, -0.25) is 10.1 Å². The van der Waals surface area contributed by atoms with Crippen molar-refractivity contribution in [2.45, 2.75) is 6.42 Å². The quantitative estimate of drug-likeness (QED) is 0.682. The number of nitrogens with one attached hydrogen (secondary N) is 1. The predicted molar refractivity (Wildman–Crippen MR) is 100 cm³/mol. The van der Waals surface area contributed by atoms with Crippen LogP contribution in [0.15, 0.2) is 42.5 Å². The van der Waals surface area contributed by atoms with Crippen LogP contribution in [0.2, 0.25) is 10.0 Å². The van der Waals surface area contributed by atoms with E-state index < -0.39 is 0 Å². The zero-order valence-corrected chi connectivity index (χ0v) is 15.5. The van der Waals surface area contributed by atoms with Crippen LogP contribution in [0, 0.1) is 0 Å². The Morgan fingerprint density at radius 3 is 2.76 bits per heavy atom. The van der Waals surface area contributed by atoms with Crippen LogP contribution in [0.4, 0.5) is 5.13 Å². The molecule has 1 amide bonds. The van der Waals surface area contributed by atoms with E-state index in [2.05, 4.69) is 15.5 Å². The third kappa shape index (κ3) is 4.48. The number of nitrogens with zero attached hydrogens (tertiary/aromatic N) is 2. The Kier molecular flexibility index (Phi) is 5.53. The molecule has 0 aliphatic heterocycles. The summed E-state index contributed by atoms with van der Waals surface area (Å²) in [5, 5.41) is 13.0. The summed E-state index contributed by atoms with van der Waals surface area (Å²) in [5.41, 5.74) is 1.46. The van der Waals surface area contributed by atoms with E-state index in [1.54, 1.807) is 43.5 Å². The maximum Gasteiger partial charge on any atom is 0.257 e. The minimum Gasteiger partial charge on any atom is -0.497 e. The summed E-state index contributed by atoms with van der Waals surface area (Å²) in [7, 11) is 1.55. The number of hydrogen-bond donors (Lipinski definition) is 1. The Morgan fingerprint density at radius 1 is 1.16 bits per heavy atom. The van der Waals surface area contributed by atoms with Crippen molar-refractivity contribution in [2.24, 2.45) is 0 Å². The summed E-state index contributed by atoms with van der Waals surface area (Å²) in [5.74, 6) is 0.348. The summed E-state index contributed by atoms with van der Waals surface area (Å²) in [6.07, 6.45) is 0.559. The van der Waals surface area contributed by atoms with Gasteiger partial charge in [0.2, 0.25) is 5.13 Å². The minimum absolute atomic E-state index is 0.267. The van der Waals surface area contributed by atoms with Crippen LogP contribution in [0.3, 0.4) is 0 Å². The number of hydrogen-bond acceptors (Lipinski definition) is 5. The number of rotatable bonds is 5. The molecule has 0 atom stereocenters. The van der Waals surface area contributed by atoms with Crippen molar-refractivity contribution in [3.63, 3.8) is 0 Å². The van der Waals surface area contributed by atoms with Gasteiger partial charge in [-0.1, -0.05) is 46.7 Å². The van der Waals surface area contributed by atoms with Crippen molar-refractivity contribution in [3.8, 4) is 5.75 Å². The molecule has 8 heteroatoms. The highest BCUT2D eigenvalue weighted by Crippen LogP contribution is 2.25. The second kappa shape index (κ2) is 7.82. The zero-order valence-electron chi connectivity index (χ0n) is 13.1. The number of benzene rings is 2. The first-order valence-electron chi connectivity index (χ1n) is 7.27. The zero-order chi connectivity index (χ0) is 17.8. The molecule has 5 nitrogen and oxygen atoms in total. The Bertz CT molecular complexity index is 914. The number of carbonyl (C=O) groups is 1. The molecule has 0 aliphatic carbocycles. The molecule has 1 aromatic heterocycles. The molecule has 1 N–H and O–H groups in total. The molecule has 3 aromatic rings. The van der Waals surface area contributed by atoms with Crippen LogP contribution >= 0.6 is 34.5 Å². The molecule has 3 rings (SSSR count). The summed E-state index contributed by atoms with van der Waals surface area (Å²) in [6, 6.07) is 12.3. The van der Waals surface area contributed by atoms with Gasteiger partial charge < -0.3 is 4.74 Å². The number of halogens is 2. The maximum absolute atomic E-state index is 12.3. The Labute approximate surface area is 158 Å². The fourth-order valence-corrected chi connectivity index (χ4v) is 3.22. The summed E-state index contributed by atoms with van der Waals surface area (Å²) in [6.45, 7) is 0. The highest BCUT2D eigenvalue weighted by atomic mass is 35.5. The van der Waals surface area contributed by atoms with E-state index in [9.17, 15) is 4.79 Å². The van der Waals surface area contributed by atoms with Gasteiger partial charge in [-0.05, 0) is 35.9 Å². The molecule has 0 unspecified atom stereocenters. The fraction of sp³-hybridized carbons (Fsp3) is 0.118. The lowest BCUT2D eigenvalue weighted by molar-refractivity contribution is 0.102. The maximum atomic E-state index is 12.3. The third-order valence-electron chi connectivity index (χ3n) is 3.36. The van der Waals surface area contributed by atoms with Crippen molar-refractivity contribution in [1.29, 1.82) is 0 Å². The van der Waals surface area contributed by atoms with E-state index in [1.807, 2.05) is 6.07 Å². The van der Waals surface area contributed by atoms with Gasteiger partial charge in [-0.25, -0.2) is 0 Å². The molecule has 0 aliphatic rings. The lowest BCUT2D eigenvalue weighted by Gasteiger charge is -2.03. The Hall–Kier alpha value is -2.15. The van der Waals surface area contributed by atoms with Crippen molar-refractivity contribution < 1.29 is 9.53 Å². The molecule has 0 radical (unpaired) electrons. The van der Waals surface area contributed by atoms with Gasteiger partial charge in [0.25, 0.3) is 5.91 Å². The molecule has 2 aromatic carbocycles. The fourth-order valence-electron chi connectivity index (χ4n) is 2.13. The summed E-state index contributed by atoms with van der Waals surface area (Å²) in [4.78, 5) is 12.3. The van der Waals surface area contributed by atoms with Gasteiger partial charge >= 0.3 is 0 Å². The minimum atomic E-state index is -0.267. The number of carbonyl (C=O) groups excluding carboxylic acids is 1. The second-order valence-corrected chi connectivity index (χ2v) is 6.99. The van der Waals surface area contributed by atoms with Gasteiger partial charge in [0, 0.05) is 12.0 Å². The summed E-state index contributed by atoms with van der Waals surface area (Å²) >= 11 is 13.2. The molecular weight excluding hydrogens is 381 g/mol. The molecular formula is C17H13Cl2N3O2S. The van der Waals surface area contributed by atoms with Crippen LogP contribution in [-0.2, 0) is 6.42 Å². The van der Waals surface area contributed by atoms with Crippen LogP contribution in [0.1, 0.15) is 20.9 Å². The van der Waals surface area contributed by atoms with E-state index >= 15 is 0 Å². The Balaban J connectivity index is 1.68. The molecule has 25 heavy (non-hydrogen) atoms. The first kappa shape index (κ1) is 17.7. The number of ether oxygens (including phenoxy) is 1. The topological polar surface area (TPSA) is 64.1 Å². The van der Waals surface area contributed by atoms with Gasteiger partial charge in [0.05, 0.1) is 17.2 Å². The average molecular weight is 394 g/mol. The van der Waals surface area contributed by atoms with E-state index in [0.717, 1.165) is 10.6 Å². The summed E-state index contributed by atoms with van der Waals surface area (Å²) < 4.78 is 5.12. The predicted octanol–water partition coefficient (Wildman–Crippen LogP) is 4.70. The van der Waals surface area contributed by atoms with Gasteiger partial charge in [-0.2, -0.15) is 0 Å². The first-order valence-corrected chi connectivity index (χ1v) is 8.84. The molecule has 0 saturated heterocycles. The van der Waals surface area contributed by atoms with Crippen molar-refractivity contribution in [3.05, 3.63) is 68.6 Å². The number of anilines is 1. The van der Waals surface area contributed by atoms with E-state index in [4.69, 9.17) is 27.9 Å². The van der Waals surface area contributed by atoms with Gasteiger partial charge in [0.1, 0.15) is 10.8 Å². The van der Waals surface area contributed by atoms with Crippen molar-refractivity contribution >= 4 is 45.6 Å². The average Bonchev–Trinajstić information content (AvgIpc) is 3.05. The number of methoxy groups -OCH3 is 1. The number of amides is 1. The van der Waals surface area contributed by atoms with Crippen LogP contribution in [0.5, 0.6) is 5.75 Å². The molecule has 0 fully saturated rings. The Morgan fingerprint density at radius 2 is 2.00 bits per heavy atom. The first-order chi connectivity index (χ1) is 12.0. The molecule has 0 saturated carbocycles. The highest BCUT2D eigenvalue weighted by molar-refractivity contribution is 7.15. The normalized spacial score (nSPS) is 10.5. The lowest BCUT2D eigenvalue weighted by atomic mass is 10.2. The largest absolute Gasteiger partial charge is 0.497 e. The van der Waals surface area contributed by atoms with Crippen LogP contribution < -0.4 is 10.1 Å². The smallest absolute Gasteiger partial charge is 0.257 e. The lowest BCUT2D eigenvalue weighted by Crippen LogP contribution is -2.11. The monoisotopic (exact) mass is 393 g/mol. The van der Waals surface area contributed by atoms with Gasteiger partial charge in [-0.15, -0.1) is 10.2 Å². The molecule has 1 heterocycles. The third-order valence-corrected chi connectivity index (χ3v) is 4.94. The second-order valence-electron chi connectivity index (χ2n) is 5.11. The SMILES string of the molecule is COc1cccc(C(=O)Nc2nnc(Cc3ccc(Cl)c(Cl)c3)s2)c1. The van der Waals surface area contributed by atoms with Gasteiger partial charge in [0.15, 0.2) is 0 Å². The van der Waals surface area contributed by atoms with E-state index in [-0.39, 0.29) is 5.91 Å². The van der Waals surface area contributed by atoms with Crippen LogP contribution in [0.25, 0.3) is 0 Å². The van der Waals surface area contributed by atoms with E-state index in [1.165, 1.54) is 11.3 Å². The molecule has 0 bridgehead atoms. The standard InChI is InChI=1S/C17H13Cl2N3O2S/c1-24-12-4-2-3-11(9-12)16(23)20-17-22-21-15(25-17)8-10-5-6-13(18)14(19)7-10/h2-7,9H,8H2,1H3,(H,20,22,23). The van der Waals surface area contributed by atoms with E-state index in [0.29, 0.717) is 32.9 Å². The molecule has 0 spiro atoms. The van der Waals surface area contributed by atoms with Crippen molar-refractivity contribution in [1.82, 2.24) is 10.2 Å². The molecule has 128 valence electrons.